The summed E-state index contributed by atoms with van der Waals surface area (Å²) in [7, 11) is -2.39. The monoisotopic (exact) mass is 331 g/mol. The molecule has 0 saturated carbocycles. The van der Waals surface area contributed by atoms with Crippen LogP contribution in [0.1, 0.15) is 12.8 Å². The number of thioether (sulfide) groups is 1. The van der Waals surface area contributed by atoms with Crippen LogP contribution in [0, 0.1) is 10.1 Å². The van der Waals surface area contributed by atoms with Crippen LogP contribution in [0.2, 0.25) is 0 Å². The summed E-state index contributed by atoms with van der Waals surface area (Å²) >= 11 is 1.72. The Morgan fingerprint density at radius 2 is 2.24 bits per heavy atom. The Kier molecular flexibility index (Phi) is 5.07. The molecule has 7 nitrogen and oxygen atoms in total. The Labute approximate surface area is 127 Å². The number of hydrogen-bond donors (Lipinski definition) is 2. The van der Waals surface area contributed by atoms with Crippen LogP contribution in [-0.2, 0) is 10.0 Å². The van der Waals surface area contributed by atoms with Crippen molar-refractivity contribution in [3.63, 3.8) is 0 Å². The van der Waals surface area contributed by atoms with Crippen molar-refractivity contribution in [2.24, 2.45) is 0 Å². The molecule has 1 aliphatic heterocycles. The second kappa shape index (κ2) is 6.63. The van der Waals surface area contributed by atoms with Crippen molar-refractivity contribution in [3.8, 4) is 0 Å². The highest BCUT2D eigenvalue weighted by molar-refractivity contribution is 8.00. The zero-order chi connectivity index (χ0) is 15.5. The van der Waals surface area contributed by atoms with Crippen LogP contribution in [0.5, 0.6) is 0 Å². The summed E-state index contributed by atoms with van der Waals surface area (Å²) in [6.45, 7) is 0.300. The van der Waals surface area contributed by atoms with Gasteiger partial charge in [-0.15, -0.1) is 0 Å². The fourth-order valence-corrected chi connectivity index (χ4v) is 4.79. The average Bonchev–Trinajstić information content (AvgIpc) is 2.97. The van der Waals surface area contributed by atoms with Gasteiger partial charge in [0, 0.05) is 18.8 Å². The summed E-state index contributed by atoms with van der Waals surface area (Å²) in [4.78, 5) is 10.2. The highest BCUT2D eigenvalue weighted by atomic mass is 32.2. The molecule has 21 heavy (non-hydrogen) atoms. The van der Waals surface area contributed by atoms with E-state index in [0.717, 1.165) is 18.6 Å². The predicted molar refractivity (Wildman–Crippen MR) is 83.3 cm³/mol. The second-order valence-electron chi connectivity index (χ2n) is 4.65. The minimum absolute atomic E-state index is 0.179. The first-order valence-electron chi connectivity index (χ1n) is 6.52. The number of anilines is 1. The van der Waals surface area contributed by atoms with Gasteiger partial charge in [-0.05, 0) is 30.7 Å². The Morgan fingerprint density at radius 3 is 2.81 bits per heavy atom. The lowest BCUT2D eigenvalue weighted by molar-refractivity contribution is -0.386. The standard InChI is InChI=1S/C12H17N3O4S2/c1-13-10-5-2-6-11(12(10)15(16)17)21(18,19)14-8-9-4-3-7-20-9/h2,5-6,9,13-14H,3-4,7-8H2,1H3. The van der Waals surface area contributed by atoms with E-state index in [4.69, 9.17) is 0 Å². The molecular formula is C12H17N3O4S2. The normalized spacial score (nSPS) is 18.6. The third-order valence-corrected chi connectivity index (χ3v) is 6.12. The smallest absolute Gasteiger partial charge is 0.312 e. The number of nitrogens with zero attached hydrogens (tertiary/aromatic N) is 1. The van der Waals surface area contributed by atoms with Gasteiger partial charge in [0.1, 0.15) is 5.69 Å². The number of para-hydroxylation sites is 1. The molecule has 2 N–H and O–H groups in total. The van der Waals surface area contributed by atoms with Crippen LogP contribution in [0.3, 0.4) is 0 Å². The van der Waals surface area contributed by atoms with E-state index in [1.165, 1.54) is 25.2 Å². The van der Waals surface area contributed by atoms with Crippen molar-refractivity contribution >= 4 is 33.2 Å². The van der Waals surface area contributed by atoms with E-state index in [2.05, 4.69) is 10.0 Å². The van der Waals surface area contributed by atoms with Crippen molar-refractivity contribution in [3.05, 3.63) is 28.3 Å². The summed E-state index contributed by atoms with van der Waals surface area (Å²) in [5.41, 5.74) is -0.246. The minimum Gasteiger partial charge on any atom is -0.383 e. The number of nitrogens with one attached hydrogen (secondary N) is 2. The number of nitro benzene ring substituents is 1. The largest absolute Gasteiger partial charge is 0.383 e. The number of hydrogen-bond acceptors (Lipinski definition) is 6. The molecule has 0 amide bonds. The van der Waals surface area contributed by atoms with Gasteiger partial charge < -0.3 is 5.32 Å². The van der Waals surface area contributed by atoms with Crippen molar-refractivity contribution in [2.45, 2.75) is 23.0 Å². The van der Waals surface area contributed by atoms with Crippen LogP contribution in [0.15, 0.2) is 23.1 Å². The van der Waals surface area contributed by atoms with E-state index in [1.54, 1.807) is 11.8 Å². The van der Waals surface area contributed by atoms with Crippen molar-refractivity contribution < 1.29 is 13.3 Å². The highest BCUT2D eigenvalue weighted by Gasteiger charge is 2.29. The number of nitro groups is 1. The van der Waals surface area contributed by atoms with Crippen molar-refractivity contribution in [1.29, 1.82) is 0 Å². The third-order valence-electron chi connectivity index (χ3n) is 3.27. The fourth-order valence-electron chi connectivity index (χ4n) is 2.21. The highest BCUT2D eigenvalue weighted by Crippen LogP contribution is 2.32. The maximum Gasteiger partial charge on any atom is 0.312 e. The second-order valence-corrected chi connectivity index (χ2v) is 7.79. The fraction of sp³-hybridized carbons (Fsp3) is 0.500. The average molecular weight is 331 g/mol. The lowest BCUT2D eigenvalue weighted by Gasteiger charge is -2.12. The molecule has 116 valence electrons. The topological polar surface area (TPSA) is 101 Å². The van der Waals surface area contributed by atoms with Crippen LogP contribution in [-0.4, -0.2) is 37.9 Å². The van der Waals surface area contributed by atoms with Gasteiger partial charge in [0.05, 0.1) is 4.92 Å². The molecule has 1 aromatic rings. The predicted octanol–water partition coefficient (Wildman–Crippen LogP) is 1.81. The lowest BCUT2D eigenvalue weighted by Crippen LogP contribution is -2.30. The number of rotatable bonds is 6. The maximum absolute atomic E-state index is 12.3. The van der Waals surface area contributed by atoms with Crippen molar-refractivity contribution in [1.82, 2.24) is 4.72 Å². The van der Waals surface area contributed by atoms with Gasteiger partial charge in [-0.1, -0.05) is 6.07 Å². The molecule has 2 rings (SSSR count). The van der Waals surface area contributed by atoms with Crippen molar-refractivity contribution in [2.75, 3.05) is 24.7 Å². The SMILES string of the molecule is CNc1cccc(S(=O)(=O)NCC2CCCS2)c1[N+](=O)[O-]. The zero-order valence-electron chi connectivity index (χ0n) is 11.5. The summed E-state index contributed by atoms with van der Waals surface area (Å²) in [6.07, 6.45) is 2.04. The minimum atomic E-state index is -3.90. The van der Waals surface area contributed by atoms with E-state index < -0.39 is 20.6 Å². The molecule has 1 fully saturated rings. The number of benzene rings is 1. The van der Waals surface area contributed by atoms with E-state index in [-0.39, 0.29) is 15.8 Å². The molecule has 1 atom stereocenters. The molecule has 0 radical (unpaired) electrons. The third kappa shape index (κ3) is 3.66. The molecule has 9 heteroatoms. The van der Waals surface area contributed by atoms with Crippen LogP contribution in [0.4, 0.5) is 11.4 Å². The van der Waals surface area contributed by atoms with Gasteiger partial charge in [-0.2, -0.15) is 11.8 Å². The van der Waals surface area contributed by atoms with Gasteiger partial charge in [0.15, 0.2) is 4.90 Å². The maximum atomic E-state index is 12.3. The van der Waals surface area contributed by atoms with Gasteiger partial charge in [0.2, 0.25) is 10.0 Å². The molecule has 0 aromatic heterocycles. The van der Waals surface area contributed by atoms with Gasteiger partial charge in [-0.25, -0.2) is 13.1 Å². The molecule has 0 aliphatic carbocycles. The van der Waals surface area contributed by atoms with Crippen LogP contribution >= 0.6 is 11.8 Å². The quantitative estimate of drug-likeness (QED) is 0.609. The van der Waals surface area contributed by atoms with E-state index in [1.807, 2.05) is 0 Å². The number of sulfonamides is 1. The molecule has 0 spiro atoms. The zero-order valence-corrected chi connectivity index (χ0v) is 13.2. The van der Waals surface area contributed by atoms with Gasteiger partial charge in [0.25, 0.3) is 0 Å². The first kappa shape index (κ1) is 16.1. The Hall–Kier alpha value is -1.32. The lowest BCUT2D eigenvalue weighted by atomic mass is 10.2. The summed E-state index contributed by atoms with van der Waals surface area (Å²) in [5.74, 6) is 1.03. The first-order valence-corrected chi connectivity index (χ1v) is 9.05. The van der Waals surface area contributed by atoms with E-state index >= 15 is 0 Å². The van der Waals surface area contributed by atoms with Crippen LogP contribution < -0.4 is 10.0 Å². The molecule has 0 bridgehead atoms. The van der Waals surface area contributed by atoms with Gasteiger partial charge in [-0.3, -0.25) is 10.1 Å². The van der Waals surface area contributed by atoms with E-state index in [0.29, 0.717) is 6.54 Å². The molecule has 1 unspecified atom stereocenters. The van der Waals surface area contributed by atoms with Gasteiger partial charge >= 0.3 is 5.69 Å². The molecular weight excluding hydrogens is 314 g/mol. The Morgan fingerprint density at radius 1 is 1.48 bits per heavy atom. The molecule has 1 saturated heterocycles. The summed E-state index contributed by atoms with van der Waals surface area (Å²) in [5, 5.41) is 14.1. The first-order chi connectivity index (χ1) is 9.95. The molecule has 1 aromatic carbocycles. The molecule has 1 heterocycles. The van der Waals surface area contributed by atoms with E-state index in [9.17, 15) is 18.5 Å². The molecule has 1 aliphatic rings. The summed E-state index contributed by atoms with van der Waals surface area (Å²) < 4.78 is 27.1. The Bertz CT molecular complexity index is 627. The summed E-state index contributed by atoms with van der Waals surface area (Å²) in [6, 6.07) is 4.21. The Balaban J connectivity index is 2.28. The van der Waals surface area contributed by atoms with Crippen LogP contribution in [0.25, 0.3) is 0 Å².